The van der Waals surface area contributed by atoms with Crippen LogP contribution in [0.25, 0.3) is 0 Å². The Kier molecular flexibility index (Phi) is 7.50. The first-order chi connectivity index (χ1) is 15.2. The number of ether oxygens (including phenoxy) is 2. The molecule has 1 fully saturated rings. The van der Waals surface area contributed by atoms with Gasteiger partial charge < -0.3 is 19.7 Å². The SMILES string of the molecule is COc1ccc(N([C@H](C)C(=O)Nc2ccc(N3CCCCC3)cc2)S(C)(=O)=O)cc1OC. The van der Waals surface area contributed by atoms with Gasteiger partial charge in [0, 0.05) is 30.5 Å². The Labute approximate surface area is 190 Å². The zero-order chi connectivity index (χ0) is 23.3. The van der Waals surface area contributed by atoms with Crippen molar-refractivity contribution in [2.45, 2.75) is 32.2 Å². The molecule has 9 heteroatoms. The lowest BCUT2D eigenvalue weighted by Gasteiger charge is -2.29. The van der Waals surface area contributed by atoms with Gasteiger partial charge in [0.15, 0.2) is 11.5 Å². The lowest BCUT2D eigenvalue weighted by atomic mass is 10.1. The van der Waals surface area contributed by atoms with Gasteiger partial charge in [-0.05, 0) is 62.6 Å². The average molecular weight is 462 g/mol. The second-order valence-corrected chi connectivity index (χ2v) is 9.72. The highest BCUT2D eigenvalue weighted by atomic mass is 32.2. The molecule has 1 aliphatic heterocycles. The molecule has 0 aliphatic carbocycles. The number of carbonyl (C=O) groups excluding carboxylic acids is 1. The van der Waals surface area contributed by atoms with Gasteiger partial charge in [-0.15, -0.1) is 0 Å². The number of amides is 1. The molecule has 1 saturated heterocycles. The Morgan fingerprint density at radius 2 is 1.62 bits per heavy atom. The van der Waals surface area contributed by atoms with Crippen LogP contribution in [0.3, 0.4) is 0 Å². The third kappa shape index (κ3) is 5.45. The summed E-state index contributed by atoms with van der Waals surface area (Å²) < 4.78 is 36.7. The van der Waals surface area contributed by atoms with Crippen LogP contribution in [0.2, 0.25) is 0 Å². The van der Waals surface area contributed by atoms with Gasteiger partial charge in [-0.1, -0.05) is 0 Å². The summed E-state index contributed by atoms with van der Waals surface area (Å²) >= 11 is 0. The number of nitrogens with zero attached hydrogens (tertiary/aromatic N) is 2. The quantitative estimate of drug-likeness (QED) is 0.648. The van der Waals surface area contributed by atoms with Crippen LogP contribution in [-0.4, -0.2) is 53.9 Å². The number of hydrogen-bond acceptors (Lipinski definition) is 6. The maximum absolute atomic E-state index is 13.0. The standard InChI is InChI=1S/C23H31N3O5S/c1-17(26(32(4,28)29)20-12-13-21(30-2)22(16-20)31-3)23(27)24-18-8-10-19(11-9-18)25-14-6-5-7-15-25/h8-13,16-17H,5-7,14-15H2,1-4H3,(H,24,27)/t17-/m1/s1. The molecule has 1 atom stereocenters. The second kappa shape index (κ2) is 10.1. The van der Waals surface area contributed by atoms with Crippen molar-refractivity contribution in [3.05, 3.63) is 42.5 Å². The highest BCUT2D eigenvalue weighted by Gasteiger charge is 2.30. The number of benzene rings is 2. The topological polar surface area (TPSA) is 88.2 Å². The van der Waals surface area contributed by atoms with Crippen molar-refractivity contribution in [1.29, 1.82) is 0 Å². The van der Waals surface area contributed by atoms with Crippen molar-refractivity contribution in [3.8, 4) is 11.5 Å². The number of piperidine rings is 1. The minimum Gasteiger partial charge on any atom is -0.493 e. The first-order valence-electron chi connectivity index (χ1n) is 10.6. The van der Waals surface area contributed by atoms with Crippen molar-refractivity contribution < 1.29 is 22.7 Å². The molecule has 1 N–H and O–H groups in total. The maximum atomic E-state index is 13.0. The molecule has 0 unspecified atom stereocenters. The predicted molar refractivity (Wildman–Crippen MR) is 127 cm³/mol. The molecule has 0 aromatic heterocycles. The summed E-state index contributed by atoms with van der Waals surface area (Å²) in [7, 11) is -0.784. The normalized spacial score (nSPS) is 15.1. The Morgan fingerprint density at radius 3 is 2.19 bits per heavy atom. The van der Waals surface area contributed by atoms with Gasteiger partial charge in [0.05, 0.1) is 26.2 Å². The van der Waals surface area contributed by atoms with Crippen LogP contribution >= 0.6 is 0 Å². The first-order valence-corrected chi connectivity index (χ1v) is 12.5. The molecule has 8 nitrogen and oxygen atoms in total. The van der Waals surface area contributed by atoms with Gasteiger partial charge in [0.1, 0.15) is 6.04 Å². The van der Waals surface area contributed by atoms with E-state index < -0.39 is 22.0 Å². The van der Waals surface area contributed by atoms with Gasteiger partial charge in [-0.25, -0.2) is 8.42 Å². The second-order valence-electron chi connectivity index (χ2n) is 7.86. The van der Waals surface area contributed by atoms with E-state index in [1.807, 2.05) is 24.3 Å². The van der Waals surface area contributed by atoms with Gasteiger partial charge in [0.25, 0.3) is 0 Å². The smallest absolute Gasteiger partial charge is 0.247 e. The van der Waals surface area contributed by atoms with Crippen LogP contribution in [0.4, 0.5) is 17.1 Å². The number of carbonyl (C=O) groups is 1. The molecule has 0 spiro atoms. The molecular weight excluding hydrogens is 430 g/mol. The van der Waals surface area contributed by atoms with Crippen LogP contribution in [-0.2, 0) is 14.8 Å². The first kappa shape index (κ1) is 23.7. The number of rotatable bonds is 8. The van der Waals surface area contributed by atoms with Crippen LogP contribution < -0.4 is 24.0 Å². The van der Waals surface area contributed by atoms with E-state index in [2.05, 4.69) is 10.2 Å². The Morgan fingerprint density at radius 1 is 1.00 bits per heavy atom. The predicted octanol–water partition coefficient (Wildman–Crippen LogP) is 3.49. The summed E-state index contributed by atoms with van der Waals surface area (Å²) in [6, 6.07) is 11.4. The van der Waals surface area contributed by atoms with E-state index in [1.54, 1.807) is 19.1 Å². The van der Waals surface area contributed by atoms with E-state index in [-0.39, 0.29) is 0 Å². The molecular formula is C23H31N3O5S. The largest absolute Gasteiger partial charge is 0.493 e. The van der Waals surface area contributed by atoms with Gasteiger partial charge in [-0.3, -0.25) is 9.10 Å². The van der Waals surface area contributed by atoms with E-state index in [1.165, 1.54) is 39.5 Å². The van der Waals surface area contributed by atoms with Crippen molar-refractivity contribution in [3.63, 3.8) is 0 Å². The summed E-state index contributed by atoms with van der Waals surface area (Å²) in [4.78, 5) is 15.3. The third-order valence-corrected chi connectivity index (χ3v) is 6.81. The van der Waals surface area contributed by atoms with Crippen molar-refractivity contribution in [2.24, 2.45) is 0 Å². The molecule has 0 radical (unpaired) electrons. The molecule has 1 aliphatic rings. The monoisotopic (exact) mass is 461 g/mol. The fourth-order valence-electron chi connectivity index (χ4n) is 3.93. The molecule has 0 bridgehead atoms. The Balaban J connectivity index is 1.78. The molecule has 1 heterocycles. The fourth-order valence-corrected chi connectivity index (χ4v) is 5.09. The molecule has 2 aromatic rings. The summed E-state index contributed by atoms with van der Waals surface area (Å²) in [5, 5.41) is 2.83. The molecule has 0 saturated carbocycles. The van der Waals surface area contributed by atoms with Gasteiger partial charge >= 0.3 is 0 Å². The van der Waals surface area contributed by atoms with Gasteiger partial charge in [-0.2, -0.15) is 0 Å². The van der Waals surface area contributed by atoms with E-state index >= 15 is 0 Å². The Hall–Kier alpha value is -2.94. The van der Waals surface area contributed by atoms with Crippen molar-refractivity contribution >= 4 is 33.0 Å². The molecule has 32 heavy (non-hydrogen) atoms. The van der Waals surface area contributed by atoms with E-state index in [9.17, 15) is 13.2 Å². The molecule has 3 rings (SSSR count). The fraction of sp³-hybridized carbons (Fsp3) is 0.435. The zero-order valence-electron chi connectivity index (χ0n) is 19.0. The van der Waals surface area contributed by atoms with Crippen LogP contribution in [0.15, 0.2) is 42.5 Å². The lowest BCUT2D eigenvalue weighted by molar-refractivity contribution is -0.116. The van der Waals surface area contributed by atoms with Crippen LogP contribution in [0.1, 0.15) is 26.2 Å². The number of nitrogens with one attached hydrogen (secondary N) is 1. The minimum atomic E-state index is -3.75. The number of methoxy groups -OCH3 is 2. The van der Waals surface area contributed by atoms with Gasteiger partial charge in [0.2, 0.25) is 15.9 Å². The molecule has 2 aromatic carbocycles. The van der Waals surface area contributed by atoms with E-state index in [0.717, 1.165) is 29.3 Å². The van der Waals surface area contributed by atoms with Crippen molar-refractivity contribution in [1.82, 2.24) is 0 Å². The molecule has 174 valence electrons. The zero-order valence-corrected chi connectivity index (χ0v) is 19.8. The summed E-state index contributed by atoms with van der Waals surface area (Å²) in [6.07, 6.45) is 4.71. The minimum absolute atomic E-state index is 0.313. The lowest BCUT2D eigenvalue weighted by Crippen LogP contribution is -2.45. The van der Waals surface area contributed by atoms with Crippen LogP contribution in [0, 0.1) is 0 Å². The number of hydrogen-bond donors (Lipinski definition) is 1. The maximum Gasteiger partial charge on any atom is 0.247 e. The average Bonchev–Trinajstić information content (AvgIpc) is 2.79. The summed E-state index contributed by atoms with van der Waals surface area (Å²) in [6.45, 7) is 3.63. The summed E-state index contributed by atoms with van der Waals surface area (Å²) in [5.74, 6) is 0.408. The summed E-state index contributed by atoms with van der Waals surface area (Å²) in [5.41, 5.74) is 2.05. The van der Waals surface area contributed by atoms with E-state index in [0.29, 0.717) is 22.9 Å². The molecule has 1 amide bonds. The van der Waals surface area contributed by atoms with Crippen molar-refractivity contribution in [2.75, 3.05) is 48.1 Å². The number of sulfonamides is 1. The Bertz CT molecular complexity index is 1030. The highest BCUT2D eigenvalue weighted by Crippen LogP contribution is 2.33. The highest BCUT2D eigenvalue weighted by molar-refractivity contribution is 7.92. The number of anilines is 3. The van der Waals surface area contributed by atoms with E-state index in [4.69, 9.17) is 9.47 Å². The van der Waals surface area contributed by atoms with Crippen LogP contribution in [0.5, 0.6) is 11.5 Å². The third-order valence-electron chi connectivity index (χ3n) is 5.57.